The van der Waals surface area contributed by atoms with Gasteiger partial charge in [-0.25, -0.2) is 9.18 Å². The van der Waals surface area contributed by atoms with Crippen molar-refractivity contribution in [2.24, 2.45) is 5.92 Å². The first-order valence-corrected chi connectivity index (χ1v) is 9.05. The summed E-state index contributed by atoms with van der Waals surface area (Å²) in [6.45, 7) is 3.25. The van der Waals surface area contributed by atoms with Crippen molar-refractivity contribution in [1.29, 1.82) is 0 Å². The third kappa shape index (κ3) is 4.41. The van der Waals surface area contributed by atoms with Crippen molar-refractivity contribution in [2.45, 2.75) is 32.4 Å². The minimum Gasteiger partial charge on any atom is -0.388 e. The molecular formula is C21H25FN2O2. The maximum Gasteiger partial charge on any atom is 0.317 e. The van der Waals surface area contributed by atoms with Gasteiger partial charge in [0.15, 0.2) is 0 Å². The normalized spacial score (nSPS) is 16.3. The molecule has 0 bridgehead atoms. The summed E-state index contributed by atoms with van der Waals surface area (Å²) < 4.78 is 13.6. The number of hydrogen-bond acceptors (Lipinski definition) is 2. The third-order valence-corrected chi connectivity index (χ3v) is 5.09. The molecule has 0 radical (unpaired) electrons. The summed E-state index contributed by atoms with van der Waals surface area (Å²) in [7, 11) is 0. The second-order valence-electron chi connectivity index (χ2n) is 6.92. The number of aliphatic hydroxyl groups excluding tert-OH is 1. The number of urea groups is 1. The first kappa shape index (κ1) is 18.4. The fourth-order valence-corrected chi connectivity index (χ4v) is 3.38. The van der Waals surface area contributed by atoms with Crippen molar-refractivity contribution >= 4 is 6.03 Å². The largest absolute Gasteiger partial charge is 0.388 e. The van der Waals surface area contributed by atoms with Gasteiger partial charge in [0.25, 0.3) is 0 Å². The van der Waals surface area contributed by atoms with Gasteiger partial charge in [-0.3, -0.25) is 0 Å². The molecule has 26 heavy (non-hydrogen) atoms. The van der Waals surface area contributed by atoms with Gasteiger partial charge in [-0.05, 0) is 48.4 Å². The lowest BCUT2D eigenvalue weighted by Crippen LogP contribution is -2.44. The number of likely N-dealkylation sites (tertiary alicyclic amines) is 1. The van der Waals surface area contributed by atoms with Crippen LogP contribution < -0.4 is 5.32 Å². The summed E-state index contributed by atoms with van der Waals surface area (Å²) in [5, 5.41) is 13.4. The van der Waals surface area contributed by atoms with Gasteiger partial charge in [0.2, 0.25) is 0 Å². The predicted octanol–water partition coefficient (Wildman–Crippen LogP) is 3.79. The van der Waals surface area contributed by atoms with E-state index in [1.807, 2.05) is 36.4 Å². The van der Waals surface area contributed by atoms with Crippen LogP contribution in [0, 0.1) is 18.7 Å². The van der Waals surface area contributed by atoms with E-state index >= 15 is 0 Å². The number of halogens is 1. The Balaban J connectivity index is 1.48. The van der Waals surface area contributed by atoms with E-state index in [1.54, 1.807) is 17.9 Å². The zero-order valence-corrected chi connectivity index (χ0v) is 15.0. The lowest BCUT2D eigenvalue weighted by Gasteiger charge is -2.34. The Morgan fingerprint density at radius 1 is 1.23 bits per heavy atom. The molecule has 5 heteroatoms. The summed E-state index contributed by atoms with van der Waals surface area (Å²) in [4.78, 5) is 14.1. The lowest BCUT2D eigenvalue weighted by atomic mass is 9.87. The molecule has 2 amide bonds. The van der Waals surface area contributed by atoms with Crippen molar-refractivity contribution in [3.05, 3.63) is 71.0 Å². The number of carbonyl (C=O) groups excluding carboxylic acids is 1. The number of aliphatic hydroxyl groups is 1. The Kier molecular flexibility index (Phi) is 5.89. The van der Waals surface area contributed by atoms with E-state index in [1.165, 1.54) is 6.07 Å². The molecule has 1 aliphatic heterocycles. The molecule has 3 rings (SSSR count). The van der Waals surface area contributed by atoms with Gasteiger partial charge in [0.05, 0.1) is 6.10 Å². The second-order valence-corrected chi connectivity index (χ2v) is 6.92. The average molecular weight is 356 g/mol. The number of nitrogens with zero attached hydrogens (tertiary/aromatic N) is 1. The van der Waals surface area contributed by atoms with Crippen LogP contribution in [-0.2, 0) is 6.54 Å². The van der Waals surface area contributed by atoms with Gasteiger partial charge in [-0.15, -0.1) is 0 Å². The van der Waals surface area contributed by atoms with Crippen LogP contribution >= 0.6 is 0 Å². The van der Waals surface area contributed by atoms with E-state index in [2.05, 4.69) is 5.32 Å². The Bertz CT molecular complexity index is 743. The average Bonchev–Trinajstić information content (AvgIpc) is 2.69. The molecule has 4 nitrogen and oxygen atoms in total. The molecule has 0 aliphatic carbocycles. The van der Waals surface area contributed by atoms with Gasteiger partial charge in [0.1, 0.15) is 5.82 Å². The van der Waals surface area contributed by atoms with E-state index in [0.29, 0.717) is 25.2 Å². The molecule has 2 N–H and O–H groups in total. The first-order chi connectivity index (χ1) is 12.5. The summed E-state index contributed by atoms with van der Waals surface area (Å²) in [6.07, 6.45) is 1.04. The van der Waals surface area contributed by atoms with Crippen LogP contribution in [-0.4, -0.2) is 29.1 Å². The van der Waals surface area contributed by atoms with Crippen LogP contribution in [0.5, 0.6) is 0 Å². The molecular weight excluding hydrogens is 331 g/mol. The number of benzene rings is 2. The fraction of sp³-hybridized carbons (Fsp3) is 0.381. The topological polar surface area (TPSA) is 52.6 Å². The Morgan fingerprint density at radius 2 is 1.92 bits per heavy atom. The highest BCUT2D eigenvalue weighted by molar-refractivity contribution is 5.74. The van der Waals surface area contributed by atoms with Crippen LogP contribution in [0.2, 0.25) is 0 Å². The van der Waals surface area contributed by atoms with Crippen LogP contribution in [0.4, 0.5) is 9.18 Å². The summed E-state index contributed by atoms with van der Waals surface area (Å²) in [6, 6.07) is 14.5. The molecule has 0 saturated carbocycles. The standard InChI is InChI=1S/C21H25FN2O2/c1-15-7-8-16(13-19(15)22)14-23-21(26)24-11-9-18(10-12-24)20(25)17-5-3-2-4-6-17/h2-8,13,18,20,25H,9-12,14H2,1H3,(H,23,26). The highest BCUT2D eigenvalue weighted by Crippen LogP contribution is 2.30. The Morgan fingerprint density at radius 3 is 2.58 bits per heavy atom. The fourth-order valence-electron chi connectivity index (χ4n) is 3.38. The minimum atomic E-state index is -0.489. The zero-order valence-electron chi connectivity index (χ0n) is 15.0. The molecule has 1 aliphatic rings. The lowest BCUT2D eigenvalue weighted by molar-refractivity contribution is 0.0665. The maximum atomic E-state index is 13.6. The van der Waals surface area contributed by atoms with Crippen LogP contribution in [0.25, 0.3) is 0 Å². The molecule has 0 aromatic heterocycles. The van der Waals surface area contributed by atoms with E-state index in [9.17, 15) is 14.3 Å². The molecule has 138 valence electrons. The summed E-state index contributed by atoms with van der Waals surface area (Å²) in [5.41, 5.74) is 2.27. The van der Waals surface area contributed by atoms with E-state index in [0.717, 1.165) is 24.0 Å². The SMILES string of the molecule is Cc1ccc(CNC(=O)N2CCC(C(O)c3ccccc3)CC2)cc1F. The predicted molar refractivity (Wildman–Crippen MR) is 99.1 cm³/mol. The molecule has 1 saturated heterocycles. The molecule has 1 heterocycles. The van der Waals surface area contributed by atoms with Crippen molar-refractivity contribution in [3.63, 3.8) is 0 Å². The number of aryl methyl sites for hydroxylation is 1. The second kappa shape index (κ2) is 8.32. The van der Waals surface area contributed by atoms with Gasteiger partial charge in [-0.1, -0.05) is 42.5 Å². The number of amides is 2. The number of carbonyl (C=O) groups is 1. The Hall–Kier alpha value is -2.40. The number of nitrogens with one attached hydrogen (secondary N) is 1. The minimum absolute atomic E-state index is 0.140. The molecule has 2 aromatic rings. The van der Waals surface area contributed by atoms with Crippen molar-refractivity contribution in [1.82, 2.24) is 10.2 Å². The van der Waals surface area contributed by atoms with E-state index in [4.69, 9.17) is 0 Å². The number of piperidine rings is 1. The van der Waals surface area contributed by atoms with Gasteiger partial charge < -0.3 is 15.3 Å². The van der Waals surface area contributed by atoms with Gasteiger partial charge >= 0.3 is 6.03 Å². The van der Waals surface area contributed by atoms with Crippen molar-refractivity contribution in [2.75, 3.05) is 13.1 Å². The van der Waals surface area contributed by atoms with Gasteiger partial charge in [-0.2, -0.15) is 0 Å². The van der Waals surface area contributed by atoms with Crippen LogP contribution in [0.15, 0.2) is 48.5 Å². The van der Waals surface area contributed by atoms with Crippen LogP contribution in [0.1, 0.15) is 35.6 Å². The zero-order chi connectivity index (χ0) is 18.5. The maximum absolute atomic E-state index is 13.6. The molecule has 0 spiro atoms. The first-order valence-electron chi connectivity index (χ1n) is 9.05. The number of hydrogen-bond donors (Lipinski definition) is 2. The molecule has 2 aromatic carbocycles. The van der Waals surface area contributed by atoms with Crippen LogP contribution in [0.3, 0.4) is 0 Å². The summed E-state index contributed by atoms with van der Waals surface area (Å²) in [5.74, 6) is -0.0971. The smallest absolute Gasteiger partial charge is 0.317 e. The summed E-state index contributed by atoms with van der Waals surface area (Å²) >= 11 is 0. The van der Waals surface area contributed by atoms with Crippen molar-refractivity contribution < 1.29 is 14.3 Å². The molecule has 1 fully saturated rings. The monoisotopic (exact) mass is 356 g/mol. The van der Waals surface area contributed by atoms with E-state index < -0.39 is 6.10 Å². The highest BCUT2D eigenvalue weighted by atomic mass is 19.1. The Labute approximate surface area is 153 Å². The molecule has 1 unspecified atom stereocenters. The van der Waals surface area contributed by atoms with E-state index in [-0.39, 0.29) is 17.8 Å². The van der Waals surface area contributed by atoms with Crippen molar-refractivity contribution in [3.8, 4) is 0 Å². The quantitative estimate of drug-likeness (QED) is 0.876. The van der Waals surface area contributed by atoms with Gasteiger partial charge in [0, 0.05) is 19.6 Å². The number of rotatable bonds is 4. The third-order valence-electron chi connectivity index (χ3n) is 5.09. The molecule has 1 atom stereocenters. The highest BCUT2D eigenvalue weighted by Gasteiger charge is 2.28.